The molecular formula is C9H16N4O2S. The molecule has 4 N–H and O–H groups in total. The van der Waals surface area contributed by atoms with Gasteiger partial charge in [0.2, 0.25) is 0 Å². The van der Waals surface area contributed by atoms with Gasteiger partial charge >= 0.3 is 0 Å². The second-order valence-electron chi connectivity index (χ2n) is 4.13. The maximum absolute atomic E-state index is 11.9. The van der Waals surface area contributed by atoms with Crippen molar-refractivity contribution in [2.45, 2.75) is 31.3 Å². The smallest absolute Gasteiger partial charge is 0.260 e. The molecule has 90 valence electrons. The van der Waals surface area contributed by atoms with Crippen LogP contribution in [-0.2, 0) is 16.6 Å². The van der Waals surface area contributed by atoms with Crippen molar-refractivity contribution in [3.8, 4) is 0 Å². The molecule has 0 aromatic carbocycles. The summed E-state index contributed by atoms with van der Waals surface area (Å²) in [6, 6.07) is 0. The Bertz CT molecular complexity index is 476. The highest BCUT2D eigenvalue weighted by Gasteiger charge is 2.27. The van der Waals surface area contributed by atoms with Gasteiger partial charge in [0.1, 0.15) is 0 Å². The SMILES string of the molecule is Cc1[nH]nc(S(=O)(=O)NCC2CC2)c1CN. The van der Waals surface area contributed by atoms with E-state index in [1.807, 2.05) is 0 Å². The molecule has 1 aromatic heterocycles. The summed E-state index contributed by atoms with van der Waals surface area (Å²) in [5.74, 6) is 0.496. The van der Waals surface area contributed by atoms with Gasteiger partial charge in [0.25, 0.3) is 10.0 Å². The van der Waals surface area contributed by atoms with Gasteiger partial charge in [0, 0.05) is 24.3 Å². The van der Waals surface area contributed by atoms with Crippen LogP contribution in [0.4, 0.5) is 0 Å². The molecule has 0 amide bonds. The molecule has 1 aliphatic rings. The minimum absolute atomic E-state index is 0.0353. The van der Waals surface area contributed by atoms with Gasteiger partial charge in [-0.25, -0.2) is 13.1 Å². The summed E-state index contributed by atoms with van der Waals surface area (Å²) in [4.78, 5) is 0. The first-order chi connectivity index (χ1) is 7.54. The van der Waals surface area contributed by atoms with Crippen molar-refractivity contribution in [1.82, 2.24) is 14.9 Å². The van der Waals surface area contributed by atoms with Gasteiger partial charge in [0.15, 0.2) is 5.03 Å². The van der Waals surface area contributed by atoms with Crippen LogP contribution >= 0.6 is 0 Å². The maximum atomic E-state index is 11.9. The number of aryl methyl sites for hydroxylation is 1. The van der Waals surface area contributed by atoms with E-state index in [4.69, 9.17) is 5.73 Å². The third-order valence-electron chi connectivity index (χ3n) is 2.75. The van der Waals surface area contributed by atoms with Gasteiger partial charge in [-0.15, -0.1) is 0 Å². The van der Waals surface area contributed by atoms with E-state index in [0.29, 0.717) is 23.7 Å². The second kappa shape index (κ2) is 4.15. The Labute approximate surface area is 94.7 Å². The lowest BCUT2D eigenvalue weighted by Gasteiger charge is -2.04. The van der Waals surface area contributed by atoms with E-state index in [1.165, 1.54) is 0 Å². The number of nitrogens with one attached hydrogen (secondary N) is 2. The summed E-state index contributed by atoms with van der Waals surface area (Å²) in [6.07, 6.45) is 2.21. The van der Waals surface area contributed by atoms with Crippen molar-refractivity contribution in [3.63, 3.8) is 0 Å². The quantitative estimate of drug-likeness (QED) is 0.671. The van der Waals surface area contributed by atoms with Crippen LogP contribution in [-0.4, -0.2) is 25.2 Å². The van der Waals surface area contributed by atoms with E-state index in [-0.39, 0.29) is 11.6 Å². The first-order valence-electron chi connectivity index (χ1n) is 5.28. The maximum Gasteiger partial charge on any atom is 0.260 e. The van der Waals surface area contributed by atoms with E-state index in [0.717, 1.165) is 12.8 Å². The fraction of sp³-hybridized carbons (Fsp3) is 0.667. The van der Waals surface area contributed by atoms with Gasteiger partial charge in [-0.3, -0.25) is 5.10 Å². The summed E-state index contributed by atoms with van der Waals surface area (Å²) in [7, 11) is -3.51. The molecule has 1 fully saturated rings. The number of H-pyrrole nitrogens is 1. The largest absolute Gasteiger partial charge is 0.326 e. The lowest BCUT2D eigenvalue weighted by molar-refractivity contribution is 0.572. The average Bonchev–Trinajstić information content (AvgIpc) is 2.98. The zero-order valence-corrected chi connectivity index (χ0v) is 9.97. The summed E-state index contributed by atoms with van der Waals surface area (Å²) < 4.78 is 26.4. The number of nitrogens with two attached hydrogens (primary N) is 1. The summed E-state index contributed by atoms with van der Waals surface area (Å²) >= 11 is 0. The Kier molecular flexibility index (Phi) is 3.00. The predicted octanol–water partition coefficient (Wildman–Crippen LogP) is -0.135. The minimum atomic E-state index is -3.51. The van der Waals surface area contributed by atoms with Gasteiger partial charge in [0.05, 0.1) is 0 Å². The molecular weight excluding hydrogens is 228 g/mol. The van der Waals surface area contributed by atoms with E-state index in [1.54, 1.807) is 6.92 Å². The molecule has 7 heteroatoms. The number of aromatic amines is 1. The highest BCUT2D eigenvalue weighted by Crippen LogP contribution is 2.28. The number of nitrogens with zero attached hydrogens (tertiary/aromatic N) is 1. The molecule has 1 saturated carbocycles. The first kappa shape index (κ1) is 11.6. The molecule has 1 heterocycles. The van der Waals surface area contributed by atoms with Crippen LogP contribution in [0.25, 0.3) is 0 Å². The lowest BCUT2D eigenvalue weighted by atomic mass is 10.3. The summed E-state index contributed by atoms with van der Waals surface area (Å²) in [6.45, 7) is 2.43. The monoisotopic (exact) mass is 244 g/mol. The molecule has 0 atom stereocenters. The van der Waals surface area contributed by atoms with Crippen LogP contribution in [0.3, 0.4) is 0 Å². The number of aromatic nitrogens is 2. The first-order valence-corrected chi connectivity index (χ1v) is 6.76. The van der Waals surface area contributed by atoms with E-state index in [2.05, 4.69) is 14.9 Å². The van der Waals surface area contributed by atoms with E-state index in [9.17, 15) is 8.42 Å². The van der Waals surface area contributed by atoms with Crippen LogP contribution < -0.4 is 10.5 Å². The van der Waals surface area contributed by atoms with Crippen LogP contribution in [0.1, 0.15) is 24.1 Å². The molecule has 0 radical (unpaired) electrons. The Morgan fingerprint density at radius 2 is 2.25 bits per heavy atom. The normalized spacial score (nSPS) is 16.6. The van der Waals surface area contributed by atoms with Gasteiger partial charge in [-0.1, -0.05) is 0 Å². The van der Waals surface area contributed by atoms with Crippen LogP contribution in [0.15, 0.2) is 5.03 Å². The number of rotatable bonds is 5. The van der Waals surface area contributed by atoms with Gasteiger partial charge in [-0.2, -0.15) is 5.10 Å². The minimum Gasteiger partial charge on any atom is -0.326 e. The van der Waals surface area contributed by atoms with Crippen LogP contribution in [0.2, 0.25) is 0 Å². The zero-order valence-electron chi connectivity index (χ0n) is 9.16. The Balaban J connectivity index is 2.19. The van der Waals surface area contributed by atoms with Crippen molar-refractivity contribution >= 4 is 10.0 Å². The third-order valence-corrected chi connectivity index (χ3v) is 4.15. The Hall–Kier alpha value is -0.920. The van der Waals surface area contributed by atoms with Crippen molar-refractivity contribution in [1.29, 1.82) is 0 Å². The number of sulfonamides is 1. The third kappa shape index (κ3) is 2.26. The molecule has 1 aromatic rings. The highest BCUT2D eigenvalue weighted by molar-refractivity contribution is 7.89. The molecule has 0 saturated heterocycles. The molecule has 1 aliphatic carbocycles. The summed E-state index contributed by atoms with van der Waals surface area (Å²) in [5, 5.41) is 6.48. The van der Waals surface area contributed by atoms with Gasteiger partial charge in [-0.05, 0) is 25.7 Å². The zero-order chi connectivity index (χ0) is 11.8. The Morgan fingerprint density at radius 1 is 1.56 bits per heavy atom. The molecule has 6 nitrogen and oxygen atoms in total. The fourth-order valence-corrected chi connectivity index (χ4v) is 2.83. The topological polar surface area (TPSA) is 101 Å². The van der Waals surface area contributed by atoms with Crippen LogP contribution in [0.5, 0.6) is 0 Å². The van der Waals surface area contributed by atoms with Crippen molar-refractivity contribution in [3.05, 3.63) is 11.3 Å². The average molecular weight is 244 g/mol. The number of hydrogen-bond acceptors (Lipinski definition) is 4. The molecule has 0 spiro atoms. The standard InChI is InChI=1S/C9H16N4O2S/c1-6-8(4-10)9(13-12-6)16(14,15)11-5-7-2-3-7/h7,11H,2-5,10H2,1H3,(H,12,13). The summed E-state index contributed by atoms with van der Waals surface area (Å²) in [5.41, 5.74) is 6.77. The molecule has 2 rings (SSSR count). The molecule has 0 unspecified atom stereocenters. The van der Waals surface area contributed by atoms with E-state index < -0.39 is 10.0 Å². The molecule has 0 aliphatic heterocycles. The van der Waals surface area contributed by atoms with Crippen molar-refractivity contribution in [2.75, 3.05) is 6.54 Å². The van der Waals surface area contributed by atoms with Crippen molar-refractivity contribution in [2.24, 2.45) is 11.7 Å². The van der Waals surface area contributed by atoms with Crippen LogP contribution in [0, 0.1) is 12.8 Å². The fourth-order valence-electron chi connectivity index (χ4n) is 1.51. The highest BCUT2D eigenvalue weighted by atomic mass is 32.2. The number of hydrogen-bond donors (Lipinski definition) is 3. The Morgan fingerprint density at radius 3 is 2.81 bits per heavy atom. The van der Waals surface area contributed by atoms with E-state index >= 15 is 0 Å². The second-order valence-corrected chi connectivity index (χ2v) is 5.81. The van der Waals surface area contributed by atoms with Crippen molar-refractivity contribution < 1.29 is 8.42 Å². The van der Waals surface area contributed by atoms with Gasteiger partial charge < -0.3 is 5.73 Å². The molecule has 16 heavy (non-hydrogen) atoms. The molecule has 0 bridgehead atoms. The predicted molar refractivity (Wildman–Crippen MR) is 59.1 cm³/mol. The lowest BCUT2D eigenvalue weighted by Crippen LogP contribution is -2.27.